The molecule has 2 aromatic heterocycles. The van der Waals surface area contributed by atoms with Crippen LogP contribution < -0.4 is 11.1 Å². The third-order valence-corrected chi connectivity index (χ3v) is 6.22. The number of nitrogen functional groups attached to an aromatic ring is 1. The highest BCUT2D eigenvalue weighted by molar-refractivity contribution is 7.98. The molecule has 5 nitrogen and oxygen atoms in total. The number of thiophene rings is 1. The summed E-state index contributed by atoms with van der Waals surface area (Å²) in [5.74, 6) is -0.124. The molecule has 0 aliphatic carbocycles. The summed E-state index contributed by atoms with van der Waals surface area (Å²) >= 11 is 2.82. The smallest absolute Gasteiger partial charge is 0.263 e. The van der Waals surface area contributed by atoms with E-state index in [4.69, 9.17) is 5.73 Å². The summed E-state index contributed by atoms with van der Waals surface area (Å²) in [6.45, 7) is 2.87. The van der Waals surface area contributed by atoms with Gasteiger partial charge in [-0.15, -0.1) is 11.3 Å². The summed E-state index contributed by atoms with van der Waals surface area (Å²) in [6, 6.07) is 9.90. The van der Waals surface area contributed by atoms with E-state index in [9.17, 15) is 4.79 Å². The fourth-order valence-corrected chi connectivity index (χ4v) is 4.51. The van der Waals surface area contributed by atoms with Crippen molar-refractivity contribution < 1.29 is 4.79 Å². The average Bonchev–Trinajstić information content (AvgIpc) is 3.07. The van der Waals surface area contributed by atoms with Gasteiger partial charge >= 0.3 is 0 Å². The van der Waals surface area contributed by atoms with Crippen molar-refractivity contribution in [3.63, 3.8) is 0 Å². The largest absolute Gasteiger partial charge is 0.397 e. The van der Waals surface area contributed by atoms with Gasteiger partial charge in [-0.3, -0.25) is 4.79 Å². The molecule has 1 amide bonds. The molecule has 3 N–H and O–H groups in total. The Morgan fingerprint density at radius 2 is 1.89 bits per heavy atom. The number of nitrogens with one attached hydrogen (secondary N) is 1. The normalized spacial score (nSPS) is 11.1. The van der Waals surface area contributed by atoms with E-state index in [0.29, 0.717) is 22.3 Å². The molecule has 0 saturated heterocycles. The van der Waals surface area contributed by atoms with E-state index < -0.39 is 0 Å². The Bertz CT molecular complexity index is 940. The standard InChI is InChI=1S/C21H26N4OS2/c1-3-4-5-6-10-13-23-19(26)18-16(22)15-17(14-11-8-7-9-12-14)24-21(27-2)25-20(15)28-18/h7-9,11-12H,3-6,10,13,22H2,1-2H3,(H,23,26). The molecule has 1 aromatic carbocycles. The van der Waals surface area contributed by atoms with Crippen LogP contribution in [0.15, 0.2) is 35.5 Å². The quantitative estimate of drug-likeness (QED) is 0.280. The molecule has 28 heavy (non-hydrogen) atoms. The Morgan fingerprint density at radius 1 is 1.14 bits per heavy atom. The van der Waals surface area contributed by atoms with Gasteiger partial charge in [-0.05, 0) is 12.7 Å². The summed E-state index contributed by atoms with van der Waals surface area (Å²) < 4.78 is 0. The van der Waals surface area contributed by atoms with Crippen LogP contribution in [0.1, 0.15) is 48.7 Å². The number of benzene rings is 1. The van der Waals surface area contributed by atoms with Crippen molar-refractivity contribution in [2.75, 3.05) is 18.5 Å². The van der Waals surface area contributed by atoms with Gasteiger partial charge in [-0.25, -0.2) is 9.97 Å². The number of thioether (sulfide) groups is 1. The Labute approximate surface area is 174 Å². The molecular weight excluding hydrogens is 388 g/mol. The predicted molar refractivity (Wildman–Crippen MR) is 120 cm³/mol. The number of carbonyl (C=O) groups excluding carboxylic acids is 1. The first-order valence-electron chi connectivity index (χ1n) is 9.63. The molecule has 0 fully saturated rings. The number of nitrogens with two attached hydrogens (primary N) is 1. The van der Waals surface area contributed by atoms with Crippen LogP contribution in [0.2, 0.25) is 0 Å². The Kier molecular flexibility index (Phi) is 7.28. The Hall–Kier alpha value is -2.12. The summed E-state index contributed by atoms with van der Waals surface area (Å²) in [5, 5.41) is 4.45. The monoisotopic (exact) mass is 414 g/mol. The third-order valence-electron chi connectivity index (χ3n) is 4.57. The van der Waals surface area contributed by atoms with Gasteiger partial charge in [0.1, 0.15) is 9.71 Å². The molecule has 0 aliphatic heterocycles. The van der Waals surface area contributed by atoms with Gasteiger partial charge in [-0.1, -0.05) is 74.7 Å². The highest BCUT2D eigenvalue weighted by Crippen LogP contribution is 2.39. The third kappa shape index (κ3) is 4.64. The number of nitrogens with zero attached hydrogens (tertiary/aromatic N) is 2. The minimum atomic E-state index is -0.124. The number of unbranched alkanes of at least 4 members (excludes halogenated alkanes) is 4. The molecule has 3 aromatic rings. The number of amides is 1. The predicted octanol–water partition coefficient (Wildman–Crippen LogP) is 5.36. The molecule has 0 radical (unpaired) electrons. The van der Waals surface area contributed by atoms with Gasteiger partial charge < -0.3 is 11.1 Å². The fourth-order valence-electron chi connectivity index (χ4n) is 3.08. The molecule has 0 atom stereocenters. The second kappa shape index (κ2) is 9.89. The van der Waals surface area contributed by atoms with Crippen LogP contribution in [0, 0.1) is 0 Å². The first-order chi connectivity index (χ1) is 13.7. The lowest BCUT2D eigenvalue weighted by molar-refractivity contribution is 0.0958. The number of aromatic nitrogens is 2. The number of hydrogen-bond donors (Lipinski definition) is 2. The number of carbonyl (C=O) groups is 1. The van der Waals surface area contributed by atoms with Crippen LogP contribution in [-0.2, 0) is 0 Å². The summed E-state index contributed by atoms with van der Waals surface area (Å²) in [5.41, 5.74) is 8.62. The molecule has 0 spiro atoms. The topological polar surface area (TPSA) is 80.9 Å². The maximum atomic E-state index is 12.7. The van der Waals surface area contributed by atoms with Crippen LogP contribution in [0.4, 0.5) is 5.69 Å². The minimum Gasteiger partial charge on any atom is -0.397 e. The Morgan fingerprint density at radius 3 is 2.61 bits per heavy atom. The summed E-state index contributed by atoms with van der Waals surface area (Å²) in [6.07, 6.45) is 7.74. The molecule has 0 unspecified atom stereocenters. The lowest BCUT2D eigenvalue weighted by Crippen LogP contribution is -2.24. The van der Waals surface area contributed by atoms with E-state index >= 15 is 0 Å². The van der Waals surface area contributed by atoms with Gasteiger partial charge in [0.25, 0.3) is 5.91 Å². The van der Waals surface area contributed by atoms with Crippen molar-refractivity contribution >= 4 is 44.9 Å². The summed E-state index contributed by atoms with van der Waals surface area (Å²) in [7, 11) is 0. The van der Waals surface area contributed by atoms with Crippen molar-refractivity contribution in [2.45, 2.75) is 44.2 Å². The number of rotatable bonds is 9. The van der Waals surface area contributed by atoms with Crippen LogP contribution in [0.25, 0.3) is 21.5 Å². The second-order valence-corrected chi connectivity index (χ2v) is 8.39. The van der Waals surface area contributed by atoms with Crippen LogP contribution in [0.5, 0.6) is 0 Å². The van der Waals surface area contributed by atoms with E-state index in [1.807, 2.05) is 36.6 Å². The lowest BCUT2D eigenvalue weighted by Gasteiger charge is -2.06. The molecule has 7 heteroatoms. The first kappa shape index (κ1) is 20.6. The van der Waals surface area contributed by atoms with Gasteiger partial charge in [0.15, 0.2) is 5.16 Å². The Balaban J connectivity index is 1.87. The molecule has 2 heterocycles. The SMILES string of the molecule is CCCCCCCNC(=O)c1sc2nc(SC)nc(-c3ccccc3)c2c1N. The molecular formula is C21H26N4OS2. The molecule has 0 bridgehead atoms. The molecule has 148 valence electrons. The molecule has 0 aliphatic rings. The number of anilines is 1. The van der Waals surface area contributed by atoms with Crippen molar-refractivity contribution in [1.29, 1.82) is 0 Å². The van der Waals surface area contributed by atoms with Crippen molar-refractivity contribution in [3.8, 4) is 11.3 Å². The van der Waals surface area contributed by atoms with Gasteiger partial charge in [0, 0.05) is 12.1 Å². The van der Waals surface area contributed by atoms with Crippen LogP contribution in [-0.4, -0.2) is 28.7 Å². The minimum absolute atomic E-state index is 0.124. The van der Waals surface area contributed by atoms with E-state index in [-0.39, 0.29) is 5.91 Å². The molecule has 3 rings (SSSR count). The van der Waals surface area contributed by atoms with Crippen LogP contribution >= 0.6 is 23.1 Å². The second-order valence-electron chi connectivity index (χ2n) is 6.62. The van der Waals surface area contributed by atoms with Gasteiger partial charge in [-0.2, -0.15) is 0 Å². The van der Waals surface area contributed by atoms with Gasteiger partial charge in [0.05, 0.1) is 16.8 Å². The zero-order valence-corrected chi connectivity index (χ0v) is 18.0. The molecule has 0 saturated carbocycles. The average molecular weight is 415 g/mol. The highest BCUT2D eigenvalue weighted by atomic mass is 32.2. The lowest BCUT2D eigenvalue weighted by atomic mass is 10.1. The number of fused-ring (bicyclic) bond motifs is 1. The maximum absolute atomic E-state index is 12.7. The van der Waals surface area contributed by atoms with Crippen molar-refractivity contribution in [1.82, 2.24) is 15.3 Å². The highest BCUT2D eigenvalue weighted by Gasteiger charge is 2.21. The fraction of sp³-hybridized carbons (Fsp3) is 0.381. The number of hydrogen-bond acceptors (Lipinski definition) is 6. The van der Waals surface area contributed by atoms with Crippen LogP contribution in [0.3, 0.4) is 0 Å². The first-order valence-corrected chi connectivity index (χ1v) is 11.7. The maximum Gasteiger partial charge on any atom is 0.263 e. The van der Waals surface area contributed by atoms with Crippen molar-refractivity contribution in [3.05, 3.63) is 35.2 Å². The van der Waals surface area contributed by atoms with Crippen molar-refractivity contribution in [2.24, 2.45) is 0 Å². The zero-order chi connectivity index (χ0) is 19.9. The van der Waals surface area contributed by atoms with E-state index in [1.165, 1.54) is 42.4 Å². The van der Waals surface area contributed by atoms with E-state index in [1.54, 1.807) is 0 Å². The van der Waals surface area contributed by atoms with E-state index in [0.717, 1.165) is 34.3 Å². The van der Waals surface area contributed by atoms with E-state index in [2.05, 4.69) is 22.2 Å². The van der Waals surface area contributed by atoms with Gasteiger partial charge in [0.2, 0.25) is 0 Å². The summed E-state index contributed by atoms with van der Waals surface area (Å²) in [4.78, 5) is 23.2. The zero-order valence-electron chi connectivity index (χ0n) is 16.3.